The molecule has 1 unspecified atom stereocenters. The zero-order valence-corrected chi connectivity index (χ0v) is 10.1. The van der Waals surface area contributed by atoms with E-state index in [9.17, 15) is 4.79 Å². The van der Waals surface area contributed by atoms with Crippen molar-refractivity contribution in [3.8, 4) is 0 Å². The molecule has 1 aromatic rings. The van der Waals surface area contributed by atoms with Crippen LogP contribution in [0.4, 0.5) is 11.4 Å². The number of hydrogen-bond donors (Lipinski definition) is 3. The highest BCUT2D eigenvalue weighted by atomic mass is 16.5. The van der Waals surface area contributed by atoms with Crippen molar-refractivity contribution in [1.29, 1.82) is 0 Å². The van der Waals surface area contributed by atoms with Crippen molar-refractivity contribution in [2.45, 2.75) is 6.92 Å². The summed E-state index contributed by atoms with van der Waals surface area (Å²) in [5.74, 6) is -0.616. The highest BCUT2D eigenvalue weighted by Gasteiger charge is 2.07. The average molecular weight is 238 g/mol. The van der Waals surface area contributed by atoms with Gasteiger partial charge in [-0.25, -0.2) is 4.79 Å². The van der Waals surface area contributed by atoms with Crippen molar-refractivity contribution in [3.63, 3.8) is 0 Å². The zero-order chi connectivity index (χ0) is 12.8. The molecular formula is C12H18N2O3. The molecule has 0 aliphatic rings. The van der Waals surface area contributed by atoms with Gasteiger partial charge in [0.25, 0.3) is 0 Å². The van der Waals surface area contributed by atoms with E-state index in [1.54, 1.807) is 13.2 Å². The number of ether oxygens (including phenoxy) is 1. The van der Waals surface area contributed by atoms with Crippen molar-refractivity contribution in [2.75, 3.05) is 31.3 Å². The number of carboxylic acids is 1. The van der Waals surface area contributed by atoms with E-state index in [2.05, 4.69) is 12.2 Å². The Labute approximate surface area is 101 Å². The third-order valence-corrected chi connectivity index (χ3v) is 2.39. The number of rotatable bonds is 6. The molecule has 0 radical (unpaired) electrons. The van der Waals surface area contributed by atoms with Crippen LogP contribution in [0.25, 0.3) is 0 Å². The van der Waals surface area contributed by atoms with Gasteiger partial charge in [0.15, 0.2) is 0 Å². The van der Waals surface area contributed by atoms with Gasteiger partial charge >= 0.3 is 5.97 Å². The van der Waals surface area contributed by atoms with Gasteiger partial charge < -0.3 is 20.9 Å². The number of benzene rings is 1. The van der Waals surface area contributed by atoms with Crippen molar-refractivity contribution in [2.24, 2.45) is 5.92 Å². The van der Waals surface area contributed by atoms with Crippen LogP contribution in [0.3, 0.4) is 0 Å². The first-order chi connectivity index (χ1) is 8.04. The molecule has 0 fully saturated rings. The molecule has 0 aromatic heterocycles. The molecule has 0 spiro atoms. The lowest BCUT2D eigenvalue weighted by Crippen LogP contribution is -2.16. The van der Waals surface area contributed by atoms with Crippen LogP contribution in [0, 0.1) is 5.92 Å². The summed E-state index contributed by atoms with van der Waals surface area (Å²) in [4.78, 5) is 10.7. The molecule has 0 bridgehead atoms. The molecule has 17 heavy (non-hydrogen) atoms. The lowest BCUT2D eigenvalue weighted by atomic mass is 10.1. The van der Waals surface area contributed by atoms with E-state index in [0.29, 0.717) is 18.2 Å². The van der Waals surface area contributed by atoms with Crippen LogP contribution in [0.15, 0.2) is 18.2 Å². The van der Waals surface area contributed by atoms with Gasteiger partial charge in [0.2, 0.25) is 0 Å². The Balaban J connectivity index is 2.63. The molecule has 1 atom stereocenters. The number of nitrogen functional groups attached to an aromatic ring is 1. The van der Waals surface area contributed by atoms with Gasteiger partial charge in [-0.1, -0.05) is 6.92 Å². The number of carbonyl (C=O) groups is 1. The van der Waals surface area contributed by atoms with Crippen LogP contribution in [0.2, 0.25) is 0 Å². The van der Waals surface area contributed by atoms with Crippen LogP contribution in [0.1, 0.15) is 17.3 Å². The Hall–Kier alpha value is -1.75. The van der Waals surface area contributed by atoms with Gasteiger partial charge in [-0.05, 0) is 24.1 Å². The summed E-state index contributed by atoms with van der Waals surface area (Å²) in [7, 11) is 1.66. The summed E-state index contributed by atoms with van der Waals surface area (Å²) in [6.45, 7) is 3.45. The van der Waals surface area contributed by atoms with Crippen molar-refractivity contribution in [3.05, 3.63) is 23.8 Å². The first-order valence-corrected chi connectivity index (χ1v) is 5.40. The van der Waals surface area contributed by atoms with E-state index in [4.69, 9.17) is 15.6 Å². The minimum atomic E-state index is -0.976. The molecule has 1 rings (SSSR count). The fourth-order valence-corrected chi connectivity index (χ4v) is 1.48. The lowest BCUT2D eigenvalue weighted by molar-refractivity contribution is 0.0697. The summed E-state index contributed by atoms with van der Waals surface area (Å²) in [6.07, 6.45) is 0. The van der Waals surface area contributed by atoms with Crippen LogP contribution >= 0.6 is 0 Å². The molecule has 0 saturated carbocycles. The molecule has 0 aliphatic heterocycles. The van der Waals surface area contributed by atoms with E-state index in [1.165, 1.54) is 12.1 Å². The molecule has 5 nitrogen and oxygen atoms in total. The van der Waals surface area contributed by atoms with Crippen LogP contribution < -0.4 is 11.1 Å². The van der Waals surface area contributed by atoms with E-state index in [-0.39, 0.29) is 5.56 Å². The molecule has 94 valence electrons. The molecule has 0 aliphatic carbocycles. The van der Waals surface area contributed by atoms with E-state index in [0.717, 1.165) is 12.2 Å². The number of aromatic carboxylic acids is 1. The summed E-state index contributed by atoms with van der Waals surface area (Å²) in [6, 6.07) is 4.66. The average Bonchev–Trinajstić information content (AvgIpc) is 2.27. The van der Waals surface area contributed by atoms with E-state index < -0.39 is 5.97 Å². The third-order valence-electron chi connectivity index (χ3n) is 2.39. The minimum absolute atomic E-state index is 0.193. The molecular weight excluding hydrogens is 220 g/mol. The second kappa shape index (κ2) is 6.10. The number of carboxylic acid groups (broad SMARTS) is 1. The third kappa shape index (κ3) is 3.96. The Morgan fingerprint density at radius 3 is 2.82 bits per heavy atom. The van der Waals surface area contributed by atoms with E-state index in [1.807, 2.05) is 0 Å². The maximum absolute atomic E-state index is 10.7. The Bertz CT molecular complexity index is 393. The number of hydrogen-bond acceptors (Lipinski definition) is 4. The van der Waals surface area contributed by atoms with Gasteiger partial charge in [0.05, 0.1) is 23.5 Å². The molecule has 1 aromatic carbocycles. The first kappa shape index (κ1) is 13.3. The van der Waals surface area contributed by atoms with Gasteiger partial charge in [0.1, 0.15) is 0 Å². The second-order valence-corrected chi connectivity index (χ2v) is 4.05. The Morgan fingerprint density at radius 2 is 2.29 bits per heavy atom. The van der Waals surface area contributed by atoms with Gasteiger partial charge in [-0.2, -0.15) is 0 Å². The number of nitrogens with one attached hydrogen (secondary N) is 1. The first-order valence-electron chi connectivity index (χ1n) is 5.40. The predicted molar refractivity (Wildman–Crippen MR) is 67.3 cm³/mol. The van der Waals surface area contributed by atoms with Gasteiger partial charge in [-0.15, -0.1) is 0 Å². The molecule has 5 heteroatoms. The standard InChI is InChI=1S/C12H18N2O3/c1-8(7-17-2)6-14-11-4-3-9(12(15)16)5-10(11)13/h3-5,8,14H,6-7,13H2,1-2H3,(H,15,16). The van der Waals surface area contributed by atoms with Crippen LogP contribution in [-0.2, 0) is 4.74 Å². The van der Waals surface area contributed by atoms with Gasteiger partial charge in [0, 0.05) is 13.7 Å². The van der Waals surface area contributed by atoms with Crippen LogP contribution in [0.5, 0.6) is 0 Å². The number of methoxy groups -OCH3 is 1. The molecule has 0 saturated heterocycles. The lowest BCUT2D eigenvalue weighted by Gasteiger charge is -2.14. The largest absolute Gasteiger partial charge is 0.478 e. The summed E-state index contributed by atoms with van der Waals surface area (Å²) in [5, 5.41) is 12.0. The normalized spacial score (nSPS) is 12.1. The predicted octanol–water partition coefficient (Wildman–Crippen LogP) is 1.66. The van der Waals surface area contributed by atoms with Crippen LogP contribution in [-0.4, -0.2) is 31.3 Å². The monoisotopic (exact) mass is 238 g/mol. The number of anilines is 2. The van der Waals surface area contributed by atoms with Crippen molar-refractivity contribution < 1.29 is 14.6 Å². The topological polar surface area (TPSA) is 84.6 Å². The summed E-state index contributed by atoms with van der Waals surface area (Å²) < 4.78 is 5.02. The fourth-order valence-electron chi connectivity index (χ4n) is 1.48. The SMILES string of the molecule is COCC(C)CNc1ccc(C(=O)O)cc1N. The summed E-state index contributed by atoms with van der Waals surface area (Å²) in [5.41, 5.74) is 7.14. The maximum atomic E-state index is 10.7. The van der Waals surface area contributed by atoms with E-state index >= 15 is 0 Å². The highest BCUT2D eigenvalue weighted by molar-refractivity contribution is 5.90. The smallest absolute Gasteiger partial charge is 0.335 e. The second-order valence-electron chi connectivity index (χ2n) is 4.05. The summed E-state index contributed by atoms with van der Waals surface area (Å²) >= 11 is 0. The molecule has 0 heterocycles. The van der Waals surface area contributed by atoms with Crippen molar-refractivity contribution in [1.82, 2.24) is 0 Å². The number of nitrogens with two attached hydrogens (primary N) is 1. The maximum Gasteiger partial charge on any atom is 0.335 e. The quantitative estimate of drug-likeness (QED) is 0.656. The highest BCUT2D eigenvalue weighted by Crippen LogP contribution is 2.20. The fraction of sp³-hybridized carbons (Fsp3) is 0.417. The Kier molecular flexibility index (Phi) is 4.78. The zero-order valence-electron chi connectivity index (χ0n) is 10.1. The molecule has 4 N–H and O–H groups in total. The molecule has 0 amide bonds. The minimum Gasteiger partial charge on any atom is -0.478 e. The van der Waals surface area contributed by atoms with Gasteiger partial charge in [-0.3, -0.25) is 0 Å². The van der Waals surface area contributed by atoms with Crippen molar-refractivity contribution >= 4 is 17.3 Å². The Morgan fingerprint density at radius 1 is 1.59 bits per heavy atom.